The number of rotatable bonds is 7. The van der Waals surface area contributed by atoms with Gasteiger partial charge in [0.15, 0.2) is 9.84 Å². The SMILES string of the molecule is O=C(CCS(=O)(=O)C1CCCC1)Nc1cccc(CN2CCCCC2)c1. The van der Waals surface area contributed by atoms with Gasteiger partial charge in [0.1, 0.15) is 0 Å². The van der Waals surface area contributed by atoms with Gasteiger partial charge in [0, 0.05) is 18.7 Å². The lowest BCUT2D eigenvalue weighted by atomic mass is 10.1. The van der Waals surface area contributed by atoms with Gasteiger partial charge in [0.25, 0.3) is 0 Å². The number of sulfone groups is 1. The molecule has 1 saturated carbocycles. The van der Waals surface area contributed by atoms with E-state index >= 15 is 0 Å². The van der Waals surface area contributed by atoms with Crippen LogP contribution in [0.4, 0.5) is 5.69 Å². The number of carbonyl (C=O) groups is 1. The van der Waals surface area contributed by atoms with Crippen LogP contribution in [-0.4, -0.2) is 43.3 Å². The molecule has 2 aliphatic rings. The van der Waals surface area contributed by atoms with E-state index in [1.807, 2.05) is 18.2 Å². The molecule has 1 heterocycles. The van der Waals surface area contributed by atoms with Crippen LogP contribution in [0, 0.1) is 0 Å². The Morgan fingerprint density at radius 3 is 2.54 bits per heavy atom. The number of piperidine rings is 1. The quantitative estimate of drug-likeness (QED) is 0.790. The minimum Gasteiger partial charge on any atom is -0.326 e. The Labute approximate surface area is 157 Å². The summed E-state index contributed by atoms with van der Waals surface area (Å²) in [6.45, 7) is 3.17. The average Bonchev–Trinajstić information content (AvgIpc) is 3.17. The Morgan fingerprint density at radius 2 is 1.81 bits per heavy atom. The second-order valence-electron chi connectivity index (χ2n) is 7.61. The fourth-order valence-electron chi connectivity index (χ4n) is 4.00. The van der Waals surface area contributed by atoms with Crippen LogP contribution >= 0.6 is 0 Å². The highest BCUT2D eigenvalue weighted by Crippen LogP contribution is 2.25. The number of nitrogens with one attached hydrogen (secondary N) is 1. The van der Waals surface area contributed by atoms with Crippen LogP contribution < -0.4 is 5.32 Å². The molecule has 0 spiro atoms. The molecule has 144 valence electrons. The van der Waals surface area contributed by atoms with E-state index in [4.69, 9.17) is 0 Å². The number of likely N-dealkylation sites (tertiary alicyclic amines) is 1. The van der Waals surface area contributed by atoms with Crippen LogP contribution in [0.1, 0.15) is 56.9 Å². The van der Waals surface area contributed by atoms with E-state index < -0.39 is 9.84 Å². The van der Waals surface area contributed by atoms with E-state index in [2.05, 4.69) is 16.3 Å². The smallest absolute Gasteiger partial charge is 0.225 e. The molecule has 2 fully saturated rings. The van der Waals surface area contributed by atoms with Gasteiger partial charge in [0.2, 0.25) is 5.91 Å². The van der Waals surface area contributed by atoms with Crippen LogP contribution in [0.25, 0.3) is 0 Å². The Hall–Kier alpha value is -1.40. The molecule has 0 radical (unpaired) electrons. The monoisotopic (exact) mass is 378 g/mol. The summed E-state index contributed by atoms with van der Waals surface area (Å²) >= 11 is 0. The number of carbonyl (C=O) groups excluding carboxylic acids is 1. The standard InChI is InChI=1S/C20H30N2O3S/c23-20(11-14-26(24,25)19-9-2-3-10-19)21-18-8-6-7-17(15-18)16-22-12-4-1-5-13-22/h6-8,15,19H,1-5,9-14,16H2,(H,21,23). The zero-order chi connectivity index (χ0) is 18.4. The molecule has 1 aromatic rings. The molecular formula is C20H30N2O3S. The molecule has 1 aromatic carbocycles. The molecule has 1 aliphatic carbocycles. The van der Waals surface area contributed by atoms with Gasteiger partial charge < -0.3 is 5.32 Å². The zero-order valence-corrected chi connectivity index (χ0v) is 16.3. The molecule has 5 nitrogen and oxygen atoms in total. The van der Waals surface area contributed by atoms with Crippen LogP contribution in [0.2, 0.25) is 0 Å². The normalized spacial score (nSPS) is 19.5. The maximum atomic E-state index is 12.3. The second kappa shape index (κ2) is 9.00. The highest BCUT2D eigenvalue weighted by Gasteiger charge is 2.28. The molecule has 6 heteroatoms. The predicted molar refractivity (Wildman–Crippen MR) is 105 cm³/mol. The molecule has 0 bridgehead atoms. The lowest BCUT2D eigenvalue weighted by molar-refractivity contribution is -0.115. The summed E-state index contributed by atoms with van der Waals surface area (Å²) in [5.74, 6) is -0.265. The maximum absolute atomic E-state index is 12.3. The highest BCUT2D eigenvalue weighted by atomic mass is 32.2. The zero-order valence-electron chi connectivity index (χ0n) is 15.5. The molecule has 0 aromatic heterocycles. The van der Waals surface area contributed by atoms with E-state index in [0.29, 0.717) is 0 Å². The van der Waals surface area contributed by atoms with Gasteiger partial charge in [-0.25, -0.2) is 8.42 Å². The maximum Gasteiger partial charge on any atom is 0.225 e. The number of amides is 1. The third-order valence-electron chi connectivity index (χ3n) is 5.49. The first-order valence-electron chi connectivity index (χ1n) is 9.86. The summed E-state index contributed by atoms with van der Waals surface area (Å²) in [5.41, 5.74) is 1.94. The largest absolute Gasteiger partial charge is 0.326 e. The van der Waals surface area contributed by atoms with E-state index in [-0.39, 0.29) is 23.3 Å². The van der Waals surface area contributed by atoms with Crippen molar-refractivity contribution in [1.82, 2.24) is 4.90 Å². The first-order chi connectivity index (χ1) is 12.5. The van der Waals surface area contributed by atoms with E-state index in [1.54, 1.807) is 0 Å². The third-order valence-corrected chi connectivity index (χ3v) is 7.75. The average molecular weight is 379 g/mol. The minimum atomic E-state index is -3.14. The van der Waals surface area contributed by atoms with Gasteiger partial charge in [-0.05, 0) is 56.5 Å². The molecule has 1 N–H and O–H groups in total. The van der Waals surface area contributed by atoms with E-state index in [0.717, 1.165) is 51.0 Å². The number of hydrogen-bond donors (Lipinski definition) is 1. The molecule has 3 rings (SSSR count). The van der Waals surface area contributed by atoms with Gasteiger partial charge in [0.05, 0.1) is 11.0 Å². The number of hydrogen-bond acceptors (Lipinski definition) is 4. The Kier molecular flexibility index (Phi) is 6.70. The summed E-state index contributed by atoms with van der Waals surface area (Å²) in [6.07, 6.45) is 7.34. The van der Waals surface area contributed by atoms with Crippen molar-refractivity contribution in [1.29, 1.82) is 0 Å². The van der Waals surface area contributed by atoms with E-state index in [9.17, 15) is 13.2 Å². The van der Waals surface area contributed by atoms with Gasteiger partial charge in [-0.3, -0.25) is 9.69 Å². The van der Waals surface area contributed by atoms with E-state index in [1.165, 1.54) is 24.8 Å². The van der Waals surface area contributed by atoms with Crippen molar-refractivity contribution in [2.45, 2.75) is 63.2 Å². The second-order valence-corrected chi connectivity index (χ2v) is 10.0. The van der Waals surface area contributed by atoms with Gasteiger partial charge >= 0.3 is 0 Å². The van der Waals surface area contributed by atoms with Crippen molar-refractivity contribution in [2.24, 2.45) is 0 Å². The summed E-state index contributed by atoms with van der Waals surface area (Å²) < 4.78 is 24.6. The molecular weight excluding hydrogens is 348 g/mol. The fourth-order valence-corrected chi connectivity index (χ4v) is 5.85. The minimum absolute atomic E-state index is 0.0369. The van der Waals surface area contributed by atoms with Crippen molar-refractivity contribution in [3.05, 3.63) is 29.8 Å². The lowest BCUT2D eigenvalue weighted by Gasteiger charge is -2.26. The van der Waals surface area contributed by atoms with Crippen molar-refractivity contribution in [3.63, 3.8) is 0 Å². The van der Waals surface area contributed by atoms with Gasteiger partial charge in [-0.1, -0.05) is 31.4 Å². The van der Waals surface area contributed by atoms with Crippen molar-refractivity contribution < 1.29 is 13.2 Å². The third kappa shape index (κ3) is 5.55. The highest BCUT2D eigenvalue weighted by molar-refractivity contribution is 7.92. The van der Waals surface area contributed by atoms with Crippen molar-refractivity contribution >= 4 is 21.4 Å². The van der Waals surface area contributed by atoms with Gasteiger partial charge in [-0.2, -0.15) is 0 Å². The topological polar surface area (TPSA) is 66.5 Å². The Bertz CT molecular complexity index is 706. The lowest BCUT2D eigenvalue weighted by Crippen LogP contribution is -2.29. The molecule has 0 atom stereocenters. The number of nitrogens with zero attached hydrogens (tertiary/aromatic N) is 1. The fraction of sp³-hybridized carbons (Fsp3) is 0.650. The number of anilines is 1. The van der Waals surface area contributed by atoms with Crippen LogP contribution in [-0.2, 0) is 21.2 Å². The molecule has 1 saturated heterocycles. The summed E-state index contributed by atoms with van der Waals surface area (Å²) in [6, 6.07) is 7.89. The number of benzene rings is 1. The first kappa shape index (κ1) is 19.4. The van der Waals surface area contributed by atoms with Crippen LogP contribution in [0.5, 0.6) is 0 Å². The first-order valence-corrected chi connectivity index (χ1v) is 11.6. The predicted octanol–water partition coefficient (Wildman–Crippen LogP) is 3.36. The summed E-state index contributed by atoms with van der Waals surface area (Å²) in [4.78, 5) is 14.6. The molecule has 1 aliphatic heterocycles. The molecule has 0 unspecified atom stereocenters. The van der Waals surface area contributed by atoms with Crippen LogP contribution in [0.15, 0.2) is 24.3 Å². The Morgan fingerprint density at radius 1 is 1.08 bits per heavy atom. The molecule has 1 amide bonds. The van der Waals surface area contributed by atoms with Crippen molar-refractivity contribution in [2.75, 3.05) is 24.2 Å². The van der Waals surface area contributed by atoms with Crippen LogP contribution in [0.3, 0.4) is 0 Å². The summed E-state index contributed by atoms with van der Waals surface area (Å²) in [7, 11) is -3.14. The van der Waals surface area contributed by atoms with Crippen molar-refractivity contribution in [3.8, 4) is 0 Å². The molecule has 26 heavy (non-hydrogen) atoms. The Balaban J connectivity index is 1.50. The summed E-state index contributed by atoms with van der Waals surface area (Å²) in [5, 5.41) is 2.63. The van der Waals surface area contributed by atoms with Gasteiger partial charge in [-0.15, -0.1) is 0 Å².